The summed E-state index contributed by atoms with van der Waals surface area (Å²) in [5.74, 6) is -0.100. The van der Waals surface area contributed by atoms with Crippen molar-refractivity contribution in [3.63, 3.8) is 0 Å². The van der Waals surface area contributed by atoms with Crippen molar-refractivity contribution in [2.24, 2.45) is 0 Å². The summed E-state index contributed by atoms with van der Waals surface area (Å²) in [7, 11) is 0. The van der Waals surface area contributed by atoms with E-state index in [1.807, 2.05) is 44.2 Å². The minimum absolute atomic E-state index is 0.00732. The van der Waals surface area contributed by atoms with E-state index in [0.717, 1.165) is 24.5 Å². The molecule has 0 spiro atoms. The van der Waals surface area contributed by atoms with E-state index in [-0.39, 0.29) is 17.9 Å². The number of likely N-dealkylation sites (N-methyl/N-ethyl adjacent to an activating group) is 1. The lowest BCUT2D eigenvalue weighted by Crippen LogP contribution is -2.30. The summed E-state index contributed by atoms with van der Waals surface area (Å²) in [6.07, 6.45) is 4.21. The van der Waals surface area contributed by atoms with Crippen LogP contribution in [-0.4, -0.2) is 48.9 Å². The highest BCUT2D eigenvalue weighted by atomic mass is 32.2. The third-order valence-electron chi connectivity index (χ3n) is 4.28. The highest BCUT2D eigenvalue weighted by Crippen LogP contribution is 2.20. The molecule has 28 heavy (non-hydrogen) atoms. The lowest BCUT2D eigenvalue weighted by molar-refractivity contribution is -0.117. The predicted octanol–water partition coefficient (Wildman–Crippen LogP) is 3.42. The summed E-state index contributed by atoms with van der Waals surface area (Å²) in [5.41, 5.74) is 1.64. The fourth-order valence-electron chi connectivity index (χ4n) is 3.07. The Morgan fingerprint density at radius 1 is 1.29 bits per heavy atom. The van der Waals surface area contributed by atoms with Crippen LogP contribution < -0.4 is 16.0 Å². The molecule has 1 heterocycles. The maximum Gasteiger partial charge on any atom is 0.257 e. The molecule has 2 rings (SSSR count). The minimum atomic E-state index is -0.107. The Hall–Kier alpha value is -2.25. The standard InChI is InChI=1S/C21H30N4O2S/c1-4-22-21(27)19(28-5-2)13-16(3)23-17-9-8-10-18(14-17)24-20(26)15-25-11-6-7-12-25/h5,8-10,13-14,16,23H,2,4,6-7,11-12,15H2,1,3H3,(H,22,27)(H,24,26). The number of amides is 2. The lowest BCUT2D eigenvalue weighted by Gasteiger charge is -2.16. The summed E-state index contributed by atoms with van der Waals surface area (Å²) >= 11 is 1.30. The summed E-state index contributed by atoms with van der Waals surface area (Å²) in [4.78, 5) is 27.1. The van der Waals surface area contributed by atoms with Crippen LogP contribution in [0.1, 0.15) is 26.7 Å². The zero-order chi connectivity index (χ0) is 20.4. The van der Waals surface area contributed by atoms with Crippen LogP contribution in [0.3, 0.4) is 0 Å². The fraction of sp³-hybridized carbons (Fsp3) is 0.429. The van der Waals surface area contributed by atoms with Gasteiger partial charge in [-0.25, -0.2) is 0 Å². The van der Waals surface area contributed by atoms with Crippen LogP contribution in [0.15, 0.2) is 47.2 Å². The Morgan fingerprint density at radius 3 is 2.68 bits per heavy atom. The van der Waals surface area contributed by atoms with Gasteiger partial charge in [-0.1, -0.05) is 24.4 Å². The number of thioether (sulfide) groups is 1. The van der Waals surface area contributed by atoms with E-state index in [0.29, 0.717) is 18.0 Å². The number of benzene rings is 1. The first kappa shape index (κ1) is 22.0. The first-order valence-electron chi connectivity index (χ1n) is 9.68. The molecule has 1 aliphatic heterocycles. The van der Waals surface area contributed by atoms with Crippen molar-refractivity contribution >= 4 is 35.0 Å². The molecule has 7 heteroatoms. The normalized spacial score (nSPS) is 15.7. The number of hydrogen-bond donors (Lipinski definition) is 3. The van der Waals surface area contributed by atoms with E-state index in [2.05, 4.69) is 27.4 Å². The first-order chi connectivity index (χ1) is 13.5. The van der Waals surface area contributed by atoms with Crippen molar-refractivity contribution in [2.45, 2.75) is 32.7 Å². The minimum Gasteiger partial charge on any atom is -0.379 e. The van der Waals surface area contributed by atoms with Crippen LogP contribution >= 0.6 is 11.8 Å². The molecule has 0 aromatic heterocycles. The smallest absolute Gasteiger partial charge is 0.257 e. The van der Waals surface area contributed by atoms with Gasteiger partial charge in [-0.05, 0) is 69.5 Å². The third kappa shape index (κ3) is 7.40. The molecule has 1 atom stereocenters. The topological polar surface area (TPSA) is 73.5 Å². The van der Waals surface area contributed by atoms with Gasteiger partial charge in [0.05, 0.1) is 11.4 Å². The van der Waals surface area contributed by atoms with Gasteiger partial charge in [-0.15, -0.1) is 0 Å². The molecule has 0 aliphatic carbocycles. The second kappa shape index (κ2) is 11.6. The van der Waals surface area contributed by atoms with E-state index < -0.39 is 0 Å². The van der Waals surface area contributed by atoms with Crippen molar-refractivity contribution in [2.75, 3.05) is 36.8 Å². The van der Waals surface area contributed by atoms with Gasteiger partial charge in [0.1, 0.15) is 0 Å². The van der Waals surface area contributed by atoms with Crippen LogP contribution in [0.4, 0.5) is 11.4 Å². The zero-order valence-corrected chi connectivity index (χ0v) is 17.5. The van der Waals surface area contributed by atoms with Crippen LogP contribution in [0.5, 0.6) is 0 Å². The molecule has 0 bridgehead atoms. The van der Waals surface area contributed by atoms with Crippen molar-refractivity contribution < 1.29 is 9.59 Å². The molecule has 1 aliphatic rings. The molecule has 1 fully saturated rings. The number of carbonyl (C=O) groups is 2. The van der Waals surface area contributed by atoms with Gasteiger partial charge >= 0.3 is 0 Å². The Bertz CT molecular complexity index is 714. The summed E-state index contributed by atoms with van der Waals surface area (Å²) in [6, 6.07) is 7.54. The zero-order valence-electron chi connectivity index (χ0n) is 16.7. The van der Waals surface area contributed by atoms with Crippen molar-refractivity contribution in [3.8, 4) is 0 Å². The lowest BCUT2D eigenvalue weighted by atomic mass is 10.2. The quantitative estimate of drug-likeness (QED) is 0.523. The summed E-state index contributed by atoms with van der Waals surface area (Å²) in [6.45, 7) is 10.6. The fourth-order valence-corrected chi connectivity index (χ4v) is 3.71. The number of nitrogens with one attached hydrogen (secondary N) is 3. The molecule has 1 aromatic rings. The second-order valence-electron chi connectivity index (χ2n) is 6.72. The van der Waals surface area contributed by atoms with Gasteiger partial charge < -0.3 is 16.0 Å². The van der Waals surface area contributed by atoms with Gasteiger partial charge in [-0.3, -0.25) is 14.5 Å². The van der Waals surface area contributed by atoms with E-state index in [9.17, 15) is 9.59 Å². The highest BCUT2D eigenvalue weighted by Gasteiger charge is 2.15. The average Bonchev–Trinajstić information content (AvgIpc) is 3.14. The Balaban J connectivity index is 1.96. The van der Waals surface area contributed by atoms with Crippen LogP contribution in [-0.2, 0) is 9.59 Å². The summed E-state index contributed by atoms with van der Waals surface area (Å²) in [5, 5.41) is 10.8. The number of hydrogen-bond acceptors (Lipinski definition) is 5. The van der Waals surface area contributed by atoms with E-state index in [4.69, 9.17) is 0 Å². The van der Waals surface area contributed by atoms with Gasteiger partial charge in [0.25, 0.3) is 5.91 Å². The molecule has 0 radical (unpaired) electrons. The van der Waals surface area contributed by atoms with Gasteiger partial charge in [0.15, 0.2) is 0 Å². The van der Waals surface area contributed by atoms with Crippen LogP contribution in [0, 0.1) is 0 Å². The van der Waals surface area contributed by atoms with Gasteiger partial charge in [0.2, 0.25) is 5.91 Å². The maximum absolute atomic E-state index is 12.2. The monoisotopic (exact) mass is 402 g/mol. The number of carbonyl (C=O) groups excluding carboxylic acids is 2. The summed E-state index contributed by atoms with van der Waals surface area (Å²) < 4.78 is 0. The second-order valence-corrected chi connectivity index (χ2v) is 7.73. The average molecular weight is 403 g/mol. The van der Waals surface area contributed by atoms with Crippen molar-refractivity contribution in [1.29, 1.82) is 0 Å². The highest BCUT2D eigenvalue weighted by molar-refractivity contribution is 8.06. The molecular weight excluding hydrogens is 372 g/mol. The Kier molecular flexibility index (Phi) is 9.10. The largest absolute Gasteiger partial charge is 0.379 e. The van der Waals surface area contributed by atoms with E-state index >= 15 is 0 Å². The number of anilines is 2. The van der Waals surface area contributed by atoms with Gasteiger partial charge in [0, 0.05) is 24.0 Å². The maximum atomic E-state index is 12.2. The third-order valence-corrected chi connectivity index (χ3v) is 5.02. The van der Waals surface area contributed by atoms with Crippen molar-refractivity contribution in [3.05, 3.63) is 47.2 Å². The molecule has 6 nitrogen and oxygen atoms in total. The molecule has 1 saturated heterocycles. The predicted molar refractivity (Wildman–Crippen MR) is 118 cm³/mol. The Morgan fingerprint density at radius 2 is 2.00 bits per heavy atom. The Labute approximate surface area is 171 Å². The molecule has 2 amide bonds. The first-order valence-corrected chi connectivity index (χ1v) is 10.6. The number of nitrogens with zero attached hydrogens (tertiary/aromatic N) is 1. The molecule has 3 N–H and O–H groups in total. The van der Waals surface area contributed by atoms with Crippen LogP contribution in [0.25, 0.3) is 0 Å². The number of likely N-dealkylation sites (tertiary alicyclic amines) is 1. The van der Waals surface area contributed by atoms with Crippen LogP contribution in [0.2, 0.25) is 0 Å². The van der Waals surface area contributed by atoms with Crippen molar-refractivity contribution in [1.82, 2.24) is 10.2 Å². The molecule has 0 saturated carbocycles. The molecule has 152 valence electrons. The van der Waals surface area contributed by atoms with E-state index in [1.54, 1.807) is 5.41 Å². The molecule has 1 aromatic carbocycles. The molecular formula is C21H30N4O2S. The van der Waals surface area contributed by atoms with E-state index in [1.165, 1.54) is 24.6 Å². The SMILES string of the molecule is C=CSC(=CC(C)Nc1cccc(NC(=O)CN2CCCC2)c1)C(=O)NCC. The number of rotatable bonds is 10. The molecule has 1 unspecified atom stereocenters. The van der Waals surface area contributed by atoms with Gasteiger partial charge in [-0.2, -0.15) is 0 Å².